The lowest BCUT2D eigenvalue weighted by molar-refractivity contribution is -0.133. The number of thiol groups is 1. The molecule has 11 nitrogen and oxygen atoms in total. The molecule has 0 radical (unpaired) electrons. The van der Waals surface area contributed by atoms with Gasteiger partial charge in [0, 0.05) is 68.4 Å². The smallest absolute Gasteiger partial charge is 0.247 e. The number of nitrogens with zero attached hydrogens (tertiary/aromatic N) is 9. The Balaban J connectivity index is 1.14. The predicted molar refractivity (Wildman–Crippen MR) is 160 cm³/mol. The van der Waals surface area contributed by atoms with E-state index in [2.05, 4.69) is 44.4 Å². The van der Waals surface area contributed by atoms with E-state index in [9.17, 15) is 10.1 Å². The van der Waals surface area contributed by atoms with Gasteiger partial charge in [0.25, 0.3) is 0 Å². The van der Waals surface area contributed by atoms with E-state index >= 15 is 0 Å². The van der Waals surface area contributed by atoms with Crippen LogP contribution in [0.5, 0.6) is 0 Å². The molecule has 0 atom stereocenters. The molecule has 212 valence electrons. The Labute approximate surface area is 244 Å². The van der Waals surface area contributed by atoms with E-state index in [1.54, 1.807) is 21.6 Å². The van der Waals surface area contributed by atoms with Crippen molar-refractivity contribution in [3.05, 3.63) is 60.0 Å². The van der Waals surface area contributed by atoms with Gasteiger partial charge in [0.2, 0.25) is 11.9 Å². The number of anilines is 3. The Hall–Kier alpha value is -4.08. The zero-order valence-corrected chi connectivity index (χ0v) is 24.3. The maximum Gasteiger partial charge on any atom is 0.247 e. The van der Waals surface area contributed by atoms with E-state index in [1.807, 2.05) is 42.3 Å². The van der Waals surface area contributed by atoms with Crippen LogP contribution in [0.4, 0.5) is 17.3 Å². The lowest BCUT2D eigenvalue weighted by Crippen LogP contribution is -2.59. The van der Waals surface area contributed by atoms with Gasteiger partial charge in [-0.3, -0.25) is 9.48 Å². The minimum Gasteiger partial charge on any atom is -0.366 e. The number of hydrogen-bond acceptors (Lipinski definition) is 9. The highest BCUT2D eigenvalue weighted by molar-refractivity contribution is 7.80. The molecule has 5 heterocycles. The van der Waals surface area contributed by atoms with E-state index in [-0.39, 0.29) is 17.9 Å². The van der Waals surface area contributed by atoms with Crippen molar-refractivity contribution in [2.75, 3.05) is 56.0 Å². The van der Waals surface area contributed by atoms with Gasteiger partial charge < -0.3 is 20.0 Å². The Morgan fingerprint density at radius 3 is 2.73 bits per heavy atom. The number of piperazine rings is 1. The summed E-state index contributed by atoms with van der Waals surface area (Å²) in [4.78, 5) is 25.0. The van der Waals surface area contributed by atoms with E-state index in [0.29, 0.717) is 31.1 Å². The number of aryl methyl sites for hydroxylation is 1. The van der Waals surface area contributed by atoms with Crippen LogP contribution < -0.4 is 10.2 Å². The second-order valence-corrected chi connectivity index (χ2v) is 11.4. The number of carbonyl (C=O) groups excluding carboxylic acids is 1. The molecule has 1 amide bonds. The quantitative estimate of drug-likeness (QED) is 0.311. The van der Waals surface area contributed by atoms with Crippen molar-refractivity contribution >= 4 is 41.5 Å². The van der Waals surface area contributed by atoms with Crippen molar-refractivity contribution in [2.24, 2.45) is 0 Å². The Morgan fingerprint density at radius 1 is 1.17 bits per heavy atom. The van der Waals surface area contributed by atoms with Gasteiger partial charge in [0.15, 0.2) is 5.65 Å². The van der Waals surface area contributed by atoms with Crippen molar-refractivity contribution in [1.82, 2.24) is 34.2 Å². The minimum atomic E-state index is -0.276. The number of amides is 1. The summed E-state index contributed by atoms with van der Waals surface area (Å²) in [5.41, 5.74) is 4.35. The molecular formula is C29H34N10OS. The van der Waals surface area contributed by atoms with Crippen LogP contribution in [0.1, 0.15) is 24.5 Å². The summed E-state index contributed by atoms with van der Waals surface area (Å²) >= 11 is 4.77. The fourth-order valence-electron chi connectivity index (χ4n) is 5.86. The number of carbonyl (C=O) groups is 1. The van der Waals surface area contributed by atoms with E-state index in [1.165, 1.54) is 0 Å². The molecule has 1 aromatic carbocycles. The van der Waals surface area contributed by atoms with Crippen LogP contribution in [0.15, 0.2) is 53.8 Å². The summed E-state index contributed by atoms with van der Waals surface area (Å²) in [7, 11) is 0. The maximum atomic E-state index is 12.8. The largest absolute Gasteiger partial charge is 0.366 e. The molecule has 0 unspecified atom stereocenters. The molecule has 0 saturated carbocycles. The molecule has 2 saturated heterocycles. The van der Waals surface area contributed by atoms with Crippen LogP contribution in [0.25, 0.3) is 5.65 Å². The monoisotopic (exact) mass is 570 g/mol. The van der Waals surface area contributed by atoms with Gasteiger partial charge in [-0.05, 0) is 36.7 Å². The van der Waals surface area contributed by atoms with E-state index in [0.717, 1.165) is 60.1 Å². The van der Waals surface area contributed by atoms with Gasteiger partial charge in [-0.1, -0.05) is 25.1 Å². The fourth-order valence-corrected chi connectivity index (χ4v) is 6.24. The molecule has 0 spiro atoms. The number of fused-ring (bicyclic) bond motifs is 1. The number of rotatable bonds is 8. The third-order valence-electron chi connectivity index (χ3n) is 8.25. The van der Waals surface area contributed by atoms with Crippen LogP contribution in [0.3, 0.4) is 0 Å². The molecule has 3 aromatic heterocycles. The maximum absolute atomic E-state index is 12.8. The standard InChI is InChI=1S/C29H34N10OS/c1-3-35-12-14-36(15-13-35)25(40)18-38-17-22(16-31-38)32-28-33-27-24(8-5-11-39(27)34-28)37-19-29(20-37,9-10-30)23-7-4-6-21(2)26(23)41/h4-8,11,16-17,41H,3,9,12-15,18-20H2,1-2H3,(H,32,34). The van der Waals surface area contributed by atoms with Crippen LogP contribution >= 0.6 is 12.6 Å². The zero-order valence-electron chi connectivity index (χ0n) is 23.4. The first-order valence-electron chi connectivity index (χ1n) is 13.9. The normalized spacial score (nSPS) is 16.9. The Kier molecular flexibility index (Phi) is 7.32. The Bertz CT molecular complexity index is 1610. The first kappa shape index (κ1) is 27.1. The highest BCUT2D eigenvalue weighted by Crippen LogP contribution is 2.44. The van der Waals surface area contributed by atoms with Crippen molar-refractivity contribution < 1.29 is 4.79 Å². The topological polar surface area (TPSA) is 111 Å². The highest BCUT2D eigenvalue weighted by Gasteiger charge is 2.46. The molecule has 1 N–H and O–H groups in total. The minimum absolute atomic E-state index is 0.0728. The van der Waals surface area contributed by atoms with Crippen molar-refractivity contribution in [3.63, 3.8) is 0 Å². The first-order valence-corrected chi connectivity index (χ1v) is 14.4. The highest BCUT2D eigenvalue weighted by atomic mass is 32.1. The number of nitrogens with one attached hydrogen (secondary N) is 1. The molecule has 4 aromatic rings. The molecule has 2 aliphatic heterocycles. The summed E-state index contributed by atoms with van der Waals surface area (Å²) in [6.45, 7) is 10.1. The molecule has 41 heavy (non-hydrogen) atoms. The number of pyridine rings is 1. The number of benzene rings is 1. The summed E-state index contributed by atoms with van der Waals surface area (Å²) < 4.78 is 3.40. The SMILES string of the molecule is CCN1CCN(C(=O)Cn2cc(Nc3nc4c(N5CC(CC#N)(c6cccc(C)c6S)C5)cccn4n3)cn2)CC1. The Morgan fingerprint density at radius 2 is 1.98 bits per heavy atom. The predicted octanol–water partition coefficient (Wildman–Crippen LogP) is 3.10. The number of aromatic nitrogens is 5. The van der Waals surface area contributed by atoms with Gasteiger partial charge >= 0.3 is 0 Å². The van der Waals surface area contributed by atoms with Crippen LogP contribution in [0, 0.1) is 18.3 Å². The van der Waals surface area contributed by atoms with E-state index < -0.39 is 0 Å². The number of hydrogen-bond donors (Lipinski definition) is 2. The molecule has 2 aliphatic rings. The molecule has 6 rings (SSSR count). The molecule has 2 fully saturated rings. The van der Waals surface area contributed by atoms with Crippen LogP contribution in [-0.4, -0.2) is 85.9 Å². The molecule has 0 bridgehead atoms. The van der Waals surface area contributed by atoms with Crippen LogP contribution in [0.2, 0.25) is 0 Å². The van der Waals surface area contributed by atoms with Crippen molar-refractivity contribution in [3.8, 4) is 6.07 Å². The number of likely N-dealkylation sites (N-methyl/N-ethyl adjacent to an activating group) is 1. The van der Waals surface area contributed by atoms with E-state index in [4.69, 9.17) is 17.6 Å². The molecule has 12 heteroatoms. The lowest BCUT2D eigenvalue weighted by atomic mass is 9.71. The summed E-state index contributed by atoms with van der Waals surface area (Å²) in [5, 5.41) is 21.8. The fraction of sp³-hybridized carbons (Fsp3) is 0.414. The average Bonchev–Trinajstić information content (AvgIpc) is 3.58. The first-order chi connectivity index (χ1) is 19.9. The third kappa shape index (κ3) is 5.23. The number of nitriles is 1. The second-order valence-electron chi connectivity index (χ2n) is 10.9. The third-order valence-corrected chi connectivity index (χ3v) is 8.85. The molecule has 0 aliphatic carbocycles. The second kappa shape index (κ2) is 11.1. The molecular weight excluding hydrogens is 536 g/mol. The van der Waals surface area contributed by atoms with Gasteiger partial charge in [0.1, 0.15) is 6.54 Å². The lowest BCUT2D eigenvalue weighted by Gasteiger charge is -2.51. The summed E-state index contributed by atoms with van der Waals surface area (Å²) in [6.07, 6.45) is 5.77. The summed E-state index contributed by atoms with van der Waals surface area (Å²) in [5.74, 6) is 0.516. The van der Waals surface area contributed by atoms with Crippen molar-refractivity contribution in [1.29, 1.82) is 5.26 Å². The summed E-state index contributed by atoms with van der Waals surface area (Å²) in [6, 6.07) is 12.5. The van der Waals surface area contributed by atoms with Gasteiger partial charge in [-0.2, -0.15) is 15.3 Å². The van der Waals surface area contributed by atoms with Crippen molar-refractivity contribution in [2.45, 2.75) is 37.1 Å². The average molecular weight is 571 g/mol. The zero-order chi connectivity index (χ0) is 28.6. The van der Waals surface area contributed by atoms with Crippen LogP contribution in [-0.2, 0) is 16.8 Å². The van der Waals surface area contributed by atoms with Gasteiger partial charge in [-0.15, -0.1) is 17.7 Å². The van der Waals surface area contributed by atoms with Gasteiger partial charge in [-0.25, -0.2) is 4.52 Å². The van der Waals surface area contributed by atoms with Gasteiger partial charge in [0.05, 0.1) is 23.6 Å².